The second-order valence-corrected chi connectivity index (χ2v) is 7.22. The highest BCUT2D eigenvalue weighted by Gasteiger charge is 2.15. The van der Waals surface area contributed by atoms with Gasteiger partial charge in [-0.2, -0.15) is 5.10 Å². The Morgan fingerprint density at radius 1 is 1.03 bits per heavy atom. The molecule has 1 N–H and O–H groups in total. The molecular formula is C23H20Cl2N2O3. The number of ether oxygens (including phenoxy) is 2. The summed E-state index contributed by atoms with van der Waals surface area (Å²) in [5.74, 6) is 0.615. The van der Waals surface area contributed by atoms with Crippen LogP contribution in [0.25, 0.3) is 0 Å². The number of hydrogen-bond donors (Lipinski definition) is 1. The van der Waals surface area contributed by atoms with E-state index in [1.807, 2.05) is 54.6 Å². The van der Waals surface area contributed by atoms with Gasteiger partial charge in [-0.1, -0.05) is 65.7 Å². The molecule has 0 heterocycles. The van der Waals surface area contributed by atoms with Gasteiger partial charge in [-0.25, -0.2) is 5.43 Å². The molecule has 0 aliphatic heterocycles. The van der Waals surface area contributed by atoms with E-state index in [0.717, 1.165) is 11.1 Å². The third-order valence-electron chi connectivity index (χ3n) is 4.10. The Bertz CT molecular complexity index is 1030. The Labute approximate surface area is 185 Å². The van der Waals surface area contributed by atoms with Crippen molar-refractivity contribution >= 4 is 35.3 Å². The first-order valence-electron chi connectivity index (χ1n) is 9.23. The van der Waals surface area contributed by atoms with E-state index < -0.39 is 12.0 Å². The van der Waals surface area contributed by atoms with Crippen molar-refractivity contribution in [3.8, 4) is 11.5 Å². The van der Waals surface area contributed by atoms with Crippen LogP contribution >= 0.6 is 23.2 Å². The van der Waals surface area contributed by atoms with E-state index in [2.05, 4.69) is 10.5 Å². The van der Waals surface area contributed by atoms with Crippen LogP contribution in [0.15, 0.2) is 77.9 Å². The molecule has 1 unspecified atom stereocenters. The van der Waals surface area contributed by atoms with E-state index in [4.69, 9.17) is 32.7 Å². The SMILES string of the molecule is CC(Oc1ccc(Cl)cc1Cl)C(=O)N/N=C/c1ccccc1OCc1ccccc1. The monoisotopic (exact) mass is 442 g/mol. The third-order valence-corrected chi connectivity index (χ3v) is 4.63. The molecular weight excluding hydrogens is 423 g/mol. The maximum Gasteiger partial charge on any atom is 0.280 e. The lowest BCUT2D eigenvalue weighted by Gasteiger charge is -2.14. The van der Waals surface area contributed by atoms with Crippen molar-refractivity contribution in [1.82, 2.24) is 5.43 Å². The van der Waals surface area contributed by atoms with Crippen molar-refractivity contribution in [1.29, 1.82) is 0 Å². The Kier molecular flexibility index (Phi) is 7.71. The second kappa shape index (κ2) is 10.7. The lowest BCUT2D eigenvalue weighted by molar-refractivity contribution is -0.127. The number of carbonyl (C=O) groups excluding carboxylic acids is 1. The molecule has 0 spiro atoms. The van der Waals surface area contributed by atoms with Crippen LogP contribution in [0.3, 0.4) is 0 Å². The normalized spacial score (nSPS) is 11.8. The van der Waals surface area contributed by atoms with Crippen LogP contribution in [-0.4, -0.2) is 18.2 Å². The number of amides is 1. The van der Waals surface area contributed by atoms with E-state index in [0.29, 0.717) is 28.2 Å². The molecule has 30 heavy (non-hydrogen) atoms. The Balaban J connectivity index is 1.57. The molecule has 0 saturated heterocycles. The number of para-hydroxylation sites is 1. The highest BCUT2D eigenvalue weighted by atomic mass is 35.5. The maximum absolute atomic E-state index is 12.3. The van der Waals surface area contributed by atoms with Gasteiger partial charge in [0.1, 0.15) is 18.1 Å². The number of rotatable bonds is 8. The molecule has 0 bridgehead atoms. The van der Waals surface area contributed by atoms with Gasteiger partial charge in [0.2, 0.25) is 0 Å². The number of hydrogen-bond acceptors (Lipinski definition) is 4. The summed E-state index contributed by atoms with van der Waals surface area (Å²) < 4.78 is 11.5. The molecule has 154 valence electrons. The minimum atomic E-state index is -0.801. The summed E-state index contributed by atoms with van der Waals surface area (Å²) >= 11 is 11.9. The zero-order valence-corrected chi connectivity index (χ0v) is 17.7. The molecule has 7 heteroatoms. The lowest BCUT2D eigenvalue weighted by atomic mass is 10.2. The van der Waals surface area contributed by atoms with E-state index in [9.17, 15) is 4.79 Å². The van der Waals surface area contributed by atoms with E-state index in [-0.39, 0.29) is 0 Å². The fraction of sp³-hybridized carbons (Fsp3) is 0.130. The summed E-state index contributed by atoms with van der Waals surface area (Å²) in [6.07, 6.45) is 0.727. The van der Waals surface area contributed by atoms with Crippen molar-refractivity contribution < 1.29 is 14.3 Å². The predicted octanol–water partition coefficient (Wildman–Crippen LogP) is 5.49. The highest BCUT2D eigenvalue weighted by molar-refractivity contribution is 6.35. The number of carbonyl (C=O) groups is 1. The minimum absolute atomic E-state index is 0.329. The Hall–Kier alpha value is -3.02. The molecule has 1 atom stereocenters. The van der Waals surface area contributed by atoms with E-state index >= 15 is 0 Å². The number of nitrogens with one attached hydrogen (secondary N) is 1. The third kappa shape index (κ3) is 6.24. The average Bonchev–Trinajstić information content (AvgIpc) is 2.75. The quantitative estimate of drug-likeness (QED) is 0.370. The topological polar surface area (TPSA) is 59.9 Å². The molecule has 0 aromatic heterocycles. The van der Waals surface area contributed by atoms with Crippen molar-refractivity contribution in [3.63, 3.8) is 0 Å². The fourth-order valence-corrected chi connectivity index (χ4v) is 2.98. The molecule has 0 saturated carbocycles. The highest BCUT2D eigenvalue weighted by Crippen LogP contribution is 2.28. The van der Waals surface area contributed by atoms with Crippen molar-refractivity contribution in [3.05, 3.63) is 94.0 Å². The molecule has 3 aromatic rings. The van der Waals surface area contributed by atoms with Crippen LogP contribution in [0.1, 0.15) is 18.1 Å². The molecule has 3 rings (SSSR count). The summed E-state index contributed by atoms with van der Waals surface area (Å²) in [7, 11) is 0. The van der Waals surface area contributed by atoms with Gasteiger partial charge in [-0.3, -0.25) is 4.79 Å². The minimum Gasteiger partial charge on any atom is -0.488 e. The number of benzene rings is 3. The molecule has 5 nitrogen and oxygen atoms in total. The van der Waals surface area contributed by atoms with Gasteiger partial charge in [0.15, 0.2) is 6.10 Å². The van der Waals surface area contributed by atoms with Crippen LogP contribution in [0.5, 0.6) is 11.5 Å². The van der Waals surface area contributed by atoms with Crippen molar-refractivity contribution in [2.45, 2.75) is 19.6 Å². The van der Waals surface area contributed by atoms with E-state index in [1.165, 1.54) is 6.21 Å². The van der Waals surface area contributed by atoms with Crippen LogP contribution in [0.4, 0.5) is 0 Å². The van der Waals surface area contributed by atoms with Gasteiger partial charge in [0, 0.05) is 10.6 Å². The zero-order chi connectivity index (χ0) is 21.3. The van der Waals surface area contributed by atoms with Gasteiger partial charge in [-0.15, -0.1) is 0 Å². The molecule has 3 aromatic carbocycles. The zero-order valence-electron chi connectivity index (χ0n) is 16.2. The molecule has 0 aliphatic rings. The molecule has 0 aliphatic carbocycles. The maximum atomic E-state index is 12.3. The van der Waals surface area contributed by atoms with Gasteiger partial charge in [-0.05, 0) is 42.8 Å². The van der Waals surface area contributed by atoms with Gasteiger partial charge >= 0.3 is 0 Å². The number of halogens is 2. The standard InChI is InChI=1S/C23H20Cl2N2O3/c1-16(30-22-12-11-19(24)13-20(22)25)23(28)27-26-14-18-9-5-6-10-21(18)29-15-17-7-3-2-4-8-17/h2-14,16H,15H2,1H3,(H,27,28)/b26-14+. The fourth-order valence-electron chi connectivity index (χ4n) is 2.53. The van der Waals surface area contributed by atoms with Crippen molar-refractivity contribution in [2.24, 2.45) is 5.10 Å². The molecule has 1 amide bonds. The predicted molar refractivity (Wildman–Crippen MR) is 120 cm³/mol. The smallest absolute Gasteiger partial charge is 0.280 e. The van der Waals surface area contributed by atoms with Crippen molar-refractivity contribution in [2.75, 3.05) is 0 Å². The summed E-state index contributed by atoms with van der Waals surface area (Å²) in [4.78, 5) is 12.3. The van der Waals surface area contributed by atoms with E-state index in [1.54, 1.807) is 25.1 Å². The summed E-state index contributed by atoms with van der Waals surface area (Å²) in [5.41, 5.74) is 4.26. The number of hydrazone groups is 1. The first-order valence-corrected chi connectivity index (χ1v) is 9.99. The first kappa shape index (κ1) is 21.7. The van der Waals surface area contributed by atoms with Crippen LogP contribution < -0.4 is 14.9 Å². The van der Waals surface area contributed by atoms with Gasteiger partial charge < -0.3 is 9.47 Å². The second-order valence-electron chi connectivity index (χ2n) is 6.38. The molecule has 0 radical (unpaired) electrons. The summed E-state index contributed by atoms with van der Waals surface area (Å²) in [5, 5.41) is 4.83. The van der Waals surface area contributed by atoms with Crippen LogP contribution in [-0.2, 0) is 11.4 Å². The summed E-state index contributed by atoms with van der Waals surface area (Å²) in [6, 6.07) is 22.1. The lowest BCUT2D eigenvalue weighted by Crippen LogP contribution is -2.33. The van der Waals surface area contributed by atoms with Crippen LogP contribution in [0, 0.1) is 0 Å². The largest absolute Gasteiger partial charge is 0.488 e. The van der Waals surface area contributed by atoms with Gasteiger partial charge in [0.05, 0.1) is 11.2 Å². The van der Waals surface area contributed by atoms with Gasteiger partial charge in [0.25, 0.3) is 5.91 Å². The first-order chi connectivity index (χ1) is 14.5. The number of nitrogens with zero attached hydrogens (tertiary/aromatic N) is 1. The molecule has 0 fully saturated rings. The summed E-state index contributed by atoms with van der Waals surface area (Å²) in [6.45, 7) is 2.04. The average molecular weight is 443 g/mol. The Morgan fingerprint density at radius 3 is 2.53 bits per heavy atom. The van der Waals surface area contributed by atoms with Crippen LogP contribution in [0.2, 0.25) is 10.0 Å². The Morgan fingerprint density at radius 2 is 1.77 bits per heavy atom.